The van der Waals surface area contributed by atoms with Gasteiger partial charge in [0, 0.05) is 48.0 Å². The number of hydrogen-bond acceptors (Lipinski definition) is 0. The number of aromatic amines is 1. The summed E-state index contributed by atoms with van der Waals surface area (Å²) in [7, 11) is 0. The molecule has 0 aliphatic heterocycles. The number of nitrogens with one attached hydrogen (secondary N) is 1. The molecule has 0 fully saturated rings. The van der Waals surface area contributed by atoms with Crippen LogP contribution < -0.4 is 0 Å². The summed E-state index contributed by atoms with van der Waals surface area (Å²) in [4.78, 5) is 3.67. The van der Waals surface area contributed by atoms with E-state index < -0.39 is 0 Å². The van der Waals surface area contributed by atoms with E-state index in [0.29, 0.717) is 5.52 Å². The predicted octanol–water partition coefficient (Wildman–Crippen LogP) is 10.1. The van der Waals surface area contributed by atoms with Crippen LogP contribution in [0.25, 0.3) is 71.2 Å². The van der Waals surface area contributed by atoms with Crippen LogP contribution >= 0.6 is 15.9 Å². The van der Waals surface area contributed by atoms with Crippen LogP contribution in [-0.4, -0.2) is 9.55 Å². The van der Waals surface area contributed by atoms with E-state index in [-0.39, 0.29) is 5.82 Å². The van der Waals surface area contributed by atoms with Crippen LogP contribution in [0.4, 0.5) is 4.39 Å². The fourth-order valence-corrected chi connectivity index (χ4v) is 6.40. The number of benzene rings is 6. The Bertz CT molecular complexity index is 2220. The molecule has 2 aromatic heterocycles. The van der Waals surface area contributed by atoms with Crippen LogP contribution in [0.1, 0.15) is 0 Å². The molecular formula is C34H20BrFN2. The molecule has 8 aromatic rings. The Morgan fingerprint density at radius 2 is 1.37 bits per heavy atom. The summed E-state index contributed by atoms with van der Waals surface area (Å²) in [5.74, 6) is -0.230. The van der Waals surface area contributed by atoms with Crippen molar-refractivity contribution in [2.45, 2.75) is 0 Å². The molecule has 2 heterocycles. The molecule has 38 heavy (non-hydrogen) atoms. The van der Waals surface area contributed by atoms with Gasteiger partial charge in [0.25, 0.3) is 0 Å². The molecule has 0 unspecified atom stereocenters. The zero-order valence-electron chi connectivity index (χ0n) is 20.2. The maximum absolute atomic E-state index is 15.7. The molecule has 2 nitrogen and oxygen atoms in total. The van der Waals surface area contributed by atoms with E-state index in [1.165, 1.54) is 5.39 Å². The van der Waals surface area contributed by atoms with Gasteiger partial charge in [0.2, 0.25) is 0 Å². The summed E-state index contributed by atoms with van der Waals surface area (Å²) in [6.07, 6.45) is 0. The lowest BCUT2D eigenvalue weighted by atomic mass is 9.96. The Balaban J connectivity index is 1.58. The van der Waals surface area contributed by atoms with Crippen LogP contribution in [0.15, 0.2) is 120 Å². The molecule has 0 radical (unpaired) electrons. The second-order valence-electron chi connectivity index (χ2n) is 9.71. The second kappa shape index (κ2) is 8.04. The minimum atomic E-state index is -0.230. The summed E-state index contributed by atoms with van der Waals surface area (Å²) in [6.45, 7) is 0. The molecular weight excluding hydrogens is 535 g/mol. The van der Waals surface area contributed by atoms with Crippen LogP contribution in [0.3, 0.4) is 0 Å². The van der Waals surface area contributed by atoms with Gasteiger partial charge in [0.05, 0.1) is 22.2 Å². The summed E-state index contributed by atoms with van der Waals surface area (Å²) >= 11 is 3.63. The van der Waals surface area contributed by atoms with Gasteiger partial charge in [-0.15, -0.1) is 0 Å². The normalized spacial score (nSPS) is 11.9. The highest BCUT2D eigenvalue weighted by Crippen LogP contribution is 2.43. The molecule has 0 aliphatic carbocycles. The number of H-pyrrole nitrogens is 1. The van der Waals surface area contributed by atoms with Crippen molar-refractivity contribution in [3.63, 3.8) is 0 Å². The van der Waals surface area contributed by atoms with Crippen molar-refractivity contribution < 1.29 is 4.39 Å². The summed E-state index contributed by atoms with van der Waals surface area (Å²) < 4.78 is 18.9. The molecule has 0 bridgehead atoms. The van der Waals surface area contributed by atoms with Gasteiger partial charge in [0.15, 0.2) is 0 Å². The smallest absolute Gasteiger partial charge is 0.147 e. The third-order valence-electron chi connectivity index (χ3n) is 7.66. The van der Waals surface area contributed by atoms with Crippen LogP contribution in [0, 0.1) is 5.82 Å². The molecule has 6 aromatic carbocycles. The topological polar surface area (TPSA) is 20.7 Å². The number of fused-ring (bicyclic) bond motifs is 7. The maximum atomic E-state index is 15.7. The van der Waals surface area contributed by atoms with Gasteiger partial charge in [-0.1, -0.05) is 101 Å². The molecule has 0 aliphatic rings. The van der Waals surface area contributed by atoms with Crippen molar-refractivity contribution in [3.05, 3.63) is 126 Å². The highest BCUT2D eigenvalue weighted by atomic mass is 79.9. The lowest BCUT2D eigenvalue weighted by molar-refractivity contribution is 0.635. The molecule has 1 N–H and O–H groups in total. The maximum Gasteiger partial charge on any atom is 0.147 e. The quantitative estimate of drug-likeness (QED) is 0.219. The van der Waals surface area contributed by atoms with E-state index in [9.17, 15) is 0 Å². The average Bonchev–Trinajstić information content (AvgIpc) is 3.49. The minimum Gasteiger partial charge on any atom is -0.354 e. The summed E-state index contributed by atoms with van der Waals surface area (Å²) in [5, 5.41) is 6.46. The van der Waals surface area contributed by atoms with Gasteiger partial charge in [-0.3, -0.25) is 0 Å². The zero-order valence-corrected chi connectivity index (χ0v) is 21.8. The first-order valence-corrected chi connectivity index (χ1v) is 13.4. The first-order valence-electron chi connectivity index (χ1n) is 12.6. The Kier molecular flexibility index (Phi) is 4.58. The molecule has 4 heteroatoms. The third kappa shape index (κ3) is 2.98. The lowest BCUT2D eigenvalue weighted by Crippen LogP contribution is -2.00. The van der Waals surface area contributed by atoms with Crippen molar-refractivity contribution in [2.75, 3.05) is 0 Å². The molecule has 8 rings (SSSR count). The van der Waals surface area contributed by atoms with Gasteiger partial charge in [-0.2, -0.15) is 0 Å². The van der Waals surface area contributed by atoms with E-state index in [0.717, 1.165) is 64.8 Å². The Hall–Kier alpha value is -4.41. The van der Waals surface area contributed by atoms with E-state index >= 15 is 4.39 Å². The highest BCUT2D eigenvalue weighted by Gasteiger charge is 2.21. The first-order chi connectivity index (χ1) is 18.7. The van der Waals surface area contributed by atoms with Gasteiger partial charge >= 0.3 is 0 Å². The first kappa shape index (κ1) is 21.7. The fourth-order valence-electron chi connectivity index (χ4n) is 6.04. The highest BCUT2D eigenvalue weighted by molar-refractivity contribution is 9.10. The van der Waals surface area contributed by atoms with E-state index in [1.54, 1.807) is 12.1 Å². The molecule has 0 amide bonds. The van der Waals surface area contributed by atoms with Gasteiger partial charge in [0.1, 0.15) is 5.82 Å². The number of nitrogens with zero attached hydrogens (tertiary/aromatic N) is 1. The van der Waals surface area contributed by atoms with Crippen LogP contribution in [0.2, 0.25) is 0 Å². The molecule has 0 atom stereocenters. The van der Waals surface area contributed by atoms with Gasteiger partial charge < -0.3 is 9.55 Å². The van der Waals surface area contributed by atoms with E-state index in [2.05, 4.69) is 110 Å². The SMILES string of the molecule is Fc1cccc2c3ccccc3n(-c3c(-c4cccc5c4[nH]c4ccc(Br)cc45)ccc4ccccc34)c12. The number of aromatic nitrogens is 2. The van der Waals surface area contributed by atoms with Crippen molar-refractivity contribution in [1.82, 2.24) is 9.55 Å². The monoisotopic (exact) mass is 554 g/mol. The van der Waals surface area contributed by atoms with Crippen molar-refractivity contribution in [3.8, 4) is 16.8 Å². The largest absolute Gasteiger partial charge is 0.354 e. The number of rotatable bonds is 2. The Labute approximate surface area is 226 Å². The van der Waals surface area contributed by atoms with E-state index in [4.69, 9.17) is 0 Å². The third-order valence-corrected chi connectivity index (χ3v) is 8.15. The Morgan fingerprint density at radius 3 is 2.29 bits per heavy atom. The van der Waals surface area contributed by atoms with Gasteiger partial charge in [-0.05, 0) is 35.7 Å². The van der Waals surface area contributed by atoms with Crippen molar-refractivity contribution >= 4 is 70.3 Å². The molecule has 0 saturated carbocycles. The van der Waals surface area contributed by atoms with Crippen LogP contribution in [0.5, 0.6) is 0 Å². The number of halogens is 2. The van der Waals surface area contributed by atoms with Crippen LogP contribution in [-0.2, 0) is 0 Å². The number of para-hydroxylation sites is 3. The summed E-state index contributed by atoms with van der Waals surface area (Å²) in [6, 6.07) is 39.0. The Morgan fingerprint density at radius 1 is 0.605 bits per heavy atom. The molecule has 0 spiro atoms. The van der Waals surface area contributed by atoms with E-state index in [1.807, 2.05) is 18.2 Å². The van der Waals surface area contributed by atoms with Gasteiger partial charge in [-0.25, -0.2) is 4.39 Å². The number of hydrogen-bond donors (Lipinski definition) is 1. The fraction of sp³-hybridized carbons (Fsp3) is 0. The average molecular weight is 555 g/mol. The summed E-state index contributed by atoms with van der Waals surface area (Å²) in [5.41, 5.74) is 6.84. The second-order valence-corrected chi connectivity index (χ2v) is 10.6. The molecule has 180 valence electrons. The minimum absolute atomic E-state index is 0.230. The predicted molar refractivity (Wildman–Crippen MR) is 161 cm³/mol. The van der Waals surface area contributed by atoms with Crippen molar-refractivity contribution in [2.24, 2.45) is 0 Å². The van der Waals surface area contributed by atoms with Crippen molar-refractivity contribution in [1.29, 1.82) is 0 Å². The standard InChI is InChI=1S/C34H20BrFN2/c35-21-16-18-30-28(19-21)25-11-5-10-24(32(25)37-30)27-17-15-20-7-1-2-8-22(20)33(27)38-31-14-4-3-9-23(31)26-12-6-13-29(36)34(26)38/h1-19,37H. The molecule has 0 saturated heterocycles. The lowest BCUT2D eigenvalue weighted by Gasteiger charge is -2.18. The zero-order chi connectivity index (χ0) is 25.4.